The molecule has 0 amide bonds. The van der Waals surface area contributed by atoms with Crippen molar-refractivity contribution >= 4 is 19.2 Å². The maximum absolute atomic E-state index is 2.43. The van der Waals surface area contributed by atoms with E-state index < -0.39 is 8.80 Å². The van der Waals surface area contributed by atoms with Gasteiger partial charge in [0.1, 0.15) is 8.80 Å². The summed E-state index contributed by atoms with van der Waals surface area (Å²) in [7, 11) is -1.32. The quantitative estimate of drug-likeness (QED) is 0.245. The molecule has 0 aromatic heterocycles. The summed E-state index contributed by atoms with van der Waals surface area (Å²) >= 11 is 0. The van der Waals surface area contributed by atoms with Crippen LogP contribution in [0.4, 0.5) is 0 Å². The number of halogens is 3. The molecule has 0 nitrogen and oxygen atoms in total. The Bertz CT molecular complexity index is 918. The van der Waals surface area contributed by atoms with Gasteiger partial charge in [0.15, 0.2) is 0 Å². The third-order valence-corrected chi connectivity index (χ3v) is 9.21. The van der Waals surface area contributed by atoms with Gasteiger partial charge in [0, 0.05) is 0 Å². The summed E-state index contributed by atoms with van der Waals surface area (Å²) in [5.41, 5.74) is 11.7. The zero-order valence-corrected chi connectivity index (χ0v) is 23.9. The standard InChI is InChI=1S/C25H31Si.3ClH.Ti/c1-16-9-8-10-23(12-16)26(24-13-17(2)11-18(3)14-24)15-25-21(6)19(4)20(5)22(25)7;;;;/h8-14,26H,15H2,1-7H3;3*1H;/q-1;;;;+4/p-3. The fraction of sp³-hybridized carbons (Fsp3) is 0.320. The molecule has 5 heteroatoms. The Morgan fingerprint density at radius 1 is 0.700 bits per heavy atom. The van der Waals surface area contributed by atoms with Gasteiger partial charge in [0.2, 0.25) is 0 Å². The van der Waals surface area contributed by atoms with E-state index in [1.165, 1.54) is 45.0 Å². The minimum absolute atomic E-state index is 0. The largest absolute Gasteiger partial charge is 4.00 e. The average Bonchev–Trinajstić information content (AvgIpc) is 2.76. The number of hydrogen-bond donors (Lipinski definition) is 0. The van der Waals surface area contributed by atoms with Gasteiger partial charge >= 0.3 is 21.7 Å². The predicted octanol–water partition coefficient (Wildman–Crippen LogP) is -4.30. The summed E-state index contributed by atoms with van der Waals surface area (Å²) in [5.74, 6) is 0. The van der Waals surface area contributed by atoms with Crippen LogP contribution in [-0.4, -0.2) is 8.80 Å². The molecule has 1 atom stereocenters. The van der Waals surface area contributed by atoms with Gasteiger partial charge in [-0.2, -0.15) is 27.8 Å². The van der Waals surface area contributed by atoms with Crippen molar-refractivity contribution in [3.8, 4) is 0 Å². The molecule has 0 N–H and O–H groups in total. The molecule has 1 unspecified atom stereocenters. The van der Waals surface area contributed by atoms with Crippen molar-refractivity contribution in [2.24, 2.45) is 0 Å². The first-order valence-electron chi connectivity index (χ1n) is 9.64. The molecule has 0 saturated heterocycles. The average molecular weight is 514 g/mol. The zero-order chi connectivity index (χ0) is 19.0. The fourth-order valence-corrected chi connectivity index (χ4v) is 7.95. The smallest absolute Gasteiger partial charge is 1.00 e. The van der Waals surface area contributed by atoms with Crippen molar-refractivity contribution in [3.63, 3.8) is 0 Å². The molecule has 0 fully saturated rings. The van der Waals surface area contributed by atoms with Gasteiger partial charge in [-0.15, -0.1) is 0 Å². The Kier molecular flexibility index (Phi) is 14.0. The SMILES string of the molecule is Cc1cccc([SiH](Cc2c(C)c(C)c(C)[c-]2C)c2cc(C)cc(C)c2)c1.[Cl-].[Cl-].[Cl-].[Ti+4]. The van der Waals surface area contributed by atoms with Crippen LogP contribution in [0.15, 0.2) is 42.5 Å². The Hall–Kier alpha value is -0.409. The van der Waals surface area contributed by atoms with Crippen LogP contribution in [0.3, 0.4) is 0 Å². The van der Waals surface area contributed by atoms with Crippen molar-refractivity contribution in [1.82, 2.24) is 0 Å². The summed E-state index contributed by atoms with van der Waals surface area (Å²) in [6.07, 6.45) is 0. The van der Waals surface area contributed by atoms with E-state index in [0.717, 1.165) is 0 Å². The molecule has 0 radical (unpaired) electrons. The molecule has 160 valence electrons. The van der Waals surface area contributed by atoms with Gasteiger partial charge in [0.05, 0.1) is 0 Å². The molecule has 3 rings (SSSR count). The second-order valence-corrected chi connectivity index (χ2v) is 10.9. The van der Waals surface area contributed by atoms with Crippen molar-refractivity contribution < 1.29 is 58.9 Å². The molecule has 0 aliphatic heterocycles. The van der Waals surface area contributed by atoms with Crippen molar-refractivity contribution in [2.75, 3.05) is 0 Å². The topological polar surface area (TPSA) is 0 Å². The molecule has 0 heterocycles. The third kappa shape index (κ3) is 6.79. The summed E-state index contributed by atoms with van der Waals surface area (Å²) < 4.78 is 0. The Labute approximate surface area is 218 Å². The molecule has 0 aliphatic rings. The van der Waals surface area contributed by atoms with Crippen molar-refractivity contribution in [1.29, 1.82) is 0 Å². The number of aryl methyl sites for hydroxylation is 3. The van der Waals surface area contributed by atoms with Crippen LogP contribution < -0.4 is 47.6 Å². The normalized spacial score (nSPS) is 10.8. The Balaban J connectivity index is 0. The van der Waals surface area contributed by atoms with Crippen LogP contribution in [0.2, 0.25) is 0 Å². The van der Waals surface area contributed by atoms with E-state index in [9.17, 15) is 0 Å². The van der Waals surface area contributed by atoms with Crippen LogP contribution in [0.5, 0.6) is 0 Å². The maximum Gasteiger partial charge on any atom is 4.00 e. The first-order valence-corrected chi connectivity index (χ1v) is 11.6. The van der Waals surface area contributed by atoms with E-state index in [0.29, 0.717) is 0 Å². The van der Waals surface area contributed by atoms with Crippen LogP contribution >= 0.6 is 0 Å². The van der Waals surface area contributed by atoms with Gasteiger partial charge in [0.25, 0.3) is 0 Å². The van der Waals surface area contributed by atoms with Crippen LogP contribution in [-0.2, 0) is 27.8 Å². The fourth-order valence-electron chi connectivity index (χ4n) is 4.33. The Morgan fingerprint density at radius 2 is 1.23 bits per heavy atom. The van der Waals surface area contributed by atoms with Crippen molar-refractivity contribution in [3.05, 3.63) is 87.0 Å². The summed E-state index contributed by atoms with van der Waals surface area (Å²) in [5, 5.41) is 3.13. The second kappa shape index (κ2) is 13.2. The summed E-state index contributed by atoms with van der Waals surface area (Å²) in [6.45, 7) is 15.9. The van der Waals surface area contributed by atoms with E-state index in [1.807, 2.05) is 0 Å². The van der Waals surface area contributed by atoms with E-state index in [1.54, 1.807) is 15.9 Å². The monoisotopic (exact) mass is 512 g/mol. The molecule has 3 aromatic carbocycles. The predicted molar refractivity (Wildman–Crippen MR) is 118 cm³/mol. The molecular weight excluding hydrogens is 483 g/mol. The van der Waals surface area contributed by atoms with Crippen LogP contribution in [0, 0.1) is 48.5 Å². The van der Waals surface area contributed by atoms with Gasteiger partial charge in [-0.3, -0.25) is 0 Å². The second-order valence-electron chi connectivity index (χ2n) is 8.07. The number of benzene rings is 2. The van der Waals surface area contributed by atoms with E-state index >= 15 is 0 Å². The van der Waals surface area contributed by atoms with E-state index in [2.05, 4.69) is 90.9 Å². The first-order chi connectivity index (χ1) is 12.3. The molecular formula is C25H31Cl3SiTi. The number of hydrogen-bond acceptors (Lipinski definition) is 0. The number of rotatable bonds is 4. The Morgan fingerprint density at radius 3 is 1.70 bits per heavy atom. The zero-order valence-electron chi connectivity index (χ0n) is 19.0. The van der Waals surface area contributed by atoms with Gasteiger partial charge in [-0.1, -0.05) is 97.2 Å². The molecule has 0 aliphatic carbocycles. The van der Waals surface area contributed by atoms with Gasteiger partial charge in [-0.25, -0.2) is 0 Å². The molecule has 3 aromatic rings. The third-order valence-electron chi connectivity index (χ3n) is 6.09. The van der Waals surface area contributed by atoms with Crippen LogP contribution in [0.25, 0.3) is 0 Å². The van der Waals surface area contributed by atoms with E-state index in [-0.39, 0.29) is 58.9 Å². The molecule has 0 spiro atoms. The summed E-state index contributed by atoms with van der Waals surface area (Å²) in [4.78, 5) is 0. The molecule has 0 bridgehead atoms. The maximum atomic E-state index is 2.43. The minimum atomic E-state index is -1.32. The van der Waals surface area contributed by atoms with Crippen molar-refractivity contribution in [2.45, 2.75) is 54.5 Å². The van der Waals surface area contributed by atoms with Crippen LogP contribution in [0.1, 0.15) is 44.5 Å². The van der Waals surface area contributed by atoms with Gasteiger partial charge < -0.3 is 37.2 Å². The molecule has 30 heavy (non-hydrogen) atoms. The molecule has 0 saturated carbocycles. The van der Waals surface area contributed by atoms with Gasteiger partial charge in [-0.05, 0) is 26.8 Å². The first kappa shape index (κ1) is 31.8. The summed E-state index contributed by atoms with van der Waals surface area (Å²) in [6, 6.07) is 17.6. The minimum Gasteiger partial charge on any atom is -1.00 e. The van der Waals surface area contributed by atoms with E-state index in [4.69, 9.17) is 0 Å².